The van der Waals surface area contributed by atoms with Crippen LogP contribution in [0.15, 0.2) is 22.8 Å². The van der Waals surface area contributed by atoms with Gasteiger partial charge in [0.1, 0.15) is 0 Å². The van der Waals surface area contributed by atoms with Crippen molar-refractivity contribution in [1.82, 2.24) is 9.80 Å². The highest BCUT2D eigenvalue weighted by Crippen LogP contribution is 2.59. The van der Waals surface area contributed by atoms with Crippen LogP contribution in [-0.2, 0) is 9.59 Å². The van der Waals surface area contributed by atoms with E-state index >= 15 is 0 Å². The molecule has 2 fully saturated rings. The summed E-state index contributed by atoms with van der Waals surface area (Å²) >= 11 is 0. The average molecular weight is 320 g/mol. The van der Waals surface area contributed by atoms with Gasteiger partial charge in [0.05, 0.1) is 18.1 Å². The number of aliphatic carboxylic acids is 1. The molecule has 7 heteroatoms. The molecule has 0 unspecified atom stereocenters. The van der Waals surface area contributed by atoms with Crippen molar-refractivity contribution in [3.05, 3.63) is 24.2 Å². The molecular formula is C16H20N2O5. The van der Waals surface area contributed by atoms with Gasteiger partial charge in [-0.3, -0.25) is 14.4 Å². The molecule has 7 nitrogen and oxygen atoms in total. The van der Waals surface area contributed by atoms with E-state index in [1.807, 2.05) is 13.8 Å². The average Bonchev–Trinajstić information content (AvgIpc) is 2.90. The monoisotopic (exact) mass is 320 g/mol. The number of hydrogen-bond acceptors (Lipinski definition) is 4. The topological polar surface area (TPSA) is 91.1 Å². The Labute approximate surface area is 133 Å². The van der Waals surface area contributed by atoms with Crippen LogP contribution in [0.25, 0.3) is 0 Å². The molecule has 0 radical (unpaired) electrons. The van der Waals surface area contributed by atoms with Gasteiger partial charge >= 0.3 is 5.97 Å². The summed E-state index contributed by atoms with van der Waals surface area (Å²) < 4.78 is 5.10. The van der Waals surface area contributed by atoms with Crippen LogP contribution in [0.4, 0.5) is 0 Å². The molecule has 2 aliphatic rings. The van der Waals surface area contributed by atoms with Gasteiger partial charge in [0.2, 0.25) is 5.91 Å². The lowest BCUT2D eigenvalue weighted by atomic mass is 10.1. The van der Waals surface area contributed by atoms with Gasteiger partial charge in [-0.15, -0.1) is 0 Å². The number of piperazine rings is 1. The quantitative estimate of drug-likeness (QED) is 0.894. The summed E-state index contributed by atoms with van der Waals surface area (Å²) in [6.45, 7) is 5.32. The van der Waals surface area contributed by atoms with E-state index in [2.05, 4.69) is 0 Å². The summed E-state index contributed by atoms with van der Waals surface area (Å²) in [6, 6.07) is 3.28. The number of hydrogen-bond donors (Lipinski definition) is 1. The number of carbonyl (C=O) groups is 3. The number of carboxylic acid groups (broad SMARTS) is 1. The third-order valence-corrected chi connectivity index (χ3v) is 4.97. The van der Waals surface area contributed by atoms with Crippen molar-refractivity contribution in [2.45, 2.75) is 13.8 Å². The molecule has 0 spiro atoms. The van der Waals surface area contributed by atoms with Crippen molar-refractivity contribution in [2.24, 2.45) is 17.3 Å². The molecular weight excluding hydrogens is 300 g/mol. The zero-order chi connectivity index (χ0) is 16.8. The summed E-state index contributed by atoms with van der Waals surface area (Å²) in [7, 11) is 0. The largest absolute Gasteiger partial charge is 0.481 e. The lowest BCUT2D eigenvalue weighted by molar-refractivity contribution is -0.142. The summed E-state index contributed by atoms with van der Waals surface area (Å²) in [5.41, 5.74) is -0.496. The van der Waals surface area contributed by atoms with E-state index < -0.39 is 23.2 Å². The maximum Gasteiger partial charge on any atom is 0.307 e. The van der Waals surface area contributed by atoms with Crippen LogP contribution in [0.5, 0.6) is 0 Å². The first kappa shape index (κ1) is 15.6. The molecule has 2 amide bonds. The highest BCUT2D eigenvalue weighted by molar-refractivity contribution is 5.93. The number of rotatable bonds is 3. The second kappa shape index (κ2) is 5.40. The minimum Gasteiger partial charge on any atom is -0.481 e. The lowest BCUT2D eigenvalue weighted by Crippen LogP contribution is -2.51. The van der Waals surface area contributed by atoms with Gasteiger partial charge in [0, 0.05) is 26.2 Å². The predicted molar refractivity (Wildman–Crippen MR) is 79.6 cm³/mol. The number of carbonyl (C=O) groups excluding carboxylic acids is 2. The molecule has 1 N–H and O–H groups in total. The van der Waals surface area contributed by atoms with Gasteiger partial charge in [-0.25, -0.2) is 0 Å². The molecule has 1 aromatic rings. The Morgan fingerprint density at radius 2 is 1.74 bits per heavy atom. The zero-order valence-corrected chi connectivity index (χ0v) is 13.2. The van der Waals surface area contributed by atoms with Gasteiger partial charge in [-0.2, -0.15) is 0 Å². The smallest absolute Gasteiger partial charge is 0.307 e. The van der Waals surface area contributed by atoms with Crippen LogP contribution in [0.3, 0.4) is 0 Å². The van der Waals surface area contributed by atoms with Crippen LogP contribution in [0, 0.1) is 17.3 Å². The second-order valence-corrected chi connectivity index (χ2v) is 6.71. The number of carboxylic acids is 1. The maximum atomic E-state index is 12.5. The fraction of sp³-hybridized carbons (Fsp3) is 0.562. The lowest BCUT2D eigenvalue weighted by Gasteiger charge is -2.34. The van der Waals surface area contributed by atoms with Gasteiger partial charge < -0.3 is 19.3 Å². The minimum atomic E-state index is -0.917. The van der Waals surface area contributed by atoms with Crippen molar-refractivity contribution in [3.63, 3.8) is 0 Å². The van der Waals surface area contributed by atoms with Crippen molar-refractivity contribution < 1.29 is 23.9 Å². The predicted octanol–water partition coefficient (Wildman–Crippen LogP) is 0.921. The number of nitrogens with zero attached hydrogens (tertiary/aromatic N) is 2. The first-order chi connectivity index (χ1) is 10.8. The second-order valence-electron chi connectivity index (χ2n) is 6.71. The Kier molecular flexibility index (Phi) is 3.66. The van der Waals surface area contributed by atoms with E-state index in [4.69, 9.17) is 4.42 Å². The number of amides is 2. The van der Waals surface area contributed by atoms with Crippen LogP contribution < -0.4 is 0 Å². The SMILES string of the molecule is CC1(C)[C@H](C(=O)O)[C@H]1C(=O)N1CCN(C(=O)c2ccco2)CC1. The standard InChI is InChI=1S/C16H20N2O5/c1-16(2)11(12(16)15(21)22)14(20)18-7-5-17(6-8-18)13(19)10-4-3-9-23-10/h3-4,9,11-12H,5-8H2,1-2H3,(H,21,22)/t11-,12-/m0/s1. The fourth-order valence-electron chi connectivity index (χ4n) is 3.44. The zero-order valence-electron chi connectivity index (χ0n) is 13.2. The molecule has 1 saturated carbocycles. The maximum absolute atomic E-state index is 12.5. The molecule has 124 valence electrons. The molecule has 1 aromatic heterocycles. The molecule has 1 saturated heterocycles. The van der Waals surface area contributed by atoms with Crippen molar-refractivity contribution in [3.8, 4) is 0 Å². The third kappa shape index (κ3) is 2.60. The summed E-state index contributed by atoms with van der Waals surface area (Å²) in [4.78, 5) is 39.2. The van der Waals surface area contributed by atoms with Gasteiger partial charge in [-0.1, -0.05) is 13.8 Å². The summed E-state index contributed by atoms with van der Waals surface area (Å²) in [6.07, 6.45) is 1.45. The van der Waals surface area contributed by atoms with E-state index in [0.717, 1.165) is 0 Å². The van der Waals surface area contributed by atoms with E-state index in [9.17, 15) is 19.5 Å². The normalized spacial score (nSPS) is 26.0. The molecule has 2 atom stereocenters. The van der Waals surface area contributed by atoms with Crippen LogP contribution in [0.1, 0.15) is 24.4 Å². The fourth-order valence-corrected chi connectivity index (χ4v) is 3.44. The van der Waals surface area contributed by atoms with Crippen molar-refractivity contribution >= 4 is 17.8 Å². The Balaban J connectivity index is 1.58. The van der Waals surface area contributed by atoms with Gasteiger partial charge in [0.25, 0.3) is 5.91 Å². The molecule has 0 aromatic carbocycles. The minimum absolute atomic E-state index is 0.118. The third-order valence-electron chi connectivity index (χ3n) is 4.97. The highest BCUT2D eigenvalue weighted by Gasteiger charge is 2.66. The molecule has 23 heavy (non-hydrogen) atoms. The van der Waals surface area contributed by atoms with E-state index in [1.165, 1.54) is 6.26 Å². The Hall–Kier alpha value is -2.31. The van der Waals surface area contributed by atoms with Crippen LogP contribution in [-0.4, -0.2) is 58.9 Å². The van der Waals surface area contributed by atoms with E-state index in [-0.39, 0.29) is 11.8 Å². The van der Waals surface area contributed by atoms with Gasteiger partial charge in [-0.05, 0) is 17.5 Å². The molecule has 2 heterocycles. The molecule has 1 aliphatic carbocycles. The summed E-state index contributed by atoms with van der Waals surface area (Å²) in [5, 5.41) is 9.19. The Morgan fingerprint density at radius 3 is 2.22 bits per heavy atom. The van der Waals surface area contributed by atoms with E-state index in [1.54, 1.807) is 21.9 Å². The molecule has 0 bridgehead atoms. The van der Waals surface area contributed by atoms with Gasteiger partial charge in [0.15, 0.2) is 5.76 Å². The Morgan fingerprint density at radius 1 is 1.13 bits per heavy atom. The Bertz CT molecular complexity index is 629. The molecule has 3 rings (SSSR count). The van der Waals surface area contributed by atoms with Crippen LogP contribution in [0.2, 0.25) is 0 Å². The van der Waals surface area contributed by atoms with Crippen LogP contribution >= 0.6 is 0 Å². The van der Waals surface area contributed by atoms with Crippen molar-refractivity contribution in [2.75, 3.05) is 26.2 Å². The highest BCUT2D eigenvalue weighted by atomic mass is 16.4. The van der Waals surface area contributed by atoms with Crippen molar-refractivity contribution in [1.29, 1.82) is 0 Å². The first-order valence-corrected chi connectivity index (χ1v) is 7.68. The molecule has 1 aliphatic heterocycles. The summed E-state index contributed by atoms with van der Waals surface area (Å²) in [5.74, 6) is -2.01. The number of furan rings is 1. The first-order valence-electron chi connectivity index (χ1n) is 7.68. The van der Waals surface area contributed by atoms with E-state index in [0.29, 0.717) is 31.9 Å².